The van der Waals surface area contributed by atoms with Crippen LogP contribution in [0.2, 0.25) is 0 Å². The molecule has 1 N–H and O–H groups in total. The van der Waals surface area contributed by atoms with Crippen molar-refractivity contribution in [3.05, 3.63) is 35.7 Å². The van der Waals surface area contributed by atoms with E-state index in [4.69, 9.17) is 9.84 Å². The molecule has 0 aliphatic heterocycles. The van der Waals surface area contributed by atoms with Crippen molar-refractivity contribution in [2.45, 2.75) is 96.8 Å². The molecule has 0 amide bonds. The first kappa shape index (κ1) is 25.2. The fraction of sp³-hybridized carbons (Fsp3) is 0.640. The second-order valence-electron chi connectivity index (χ2n) is 7.81. The maximum absolute atomic E-state index is 13.9. The second-order valence-corrected chi connectivity index (χ2v) is 7.81. The Morgan fingerprint density at radius 2 is 1.41 bits per heavy atom. The second kappa shape index (κ2) is 17.1. The molecule has 0 heterocycles. The van der Waals surface area contributed by atoms with Crippen LogP contribution in [0.4, 0.5) is 4.39 Å². The third-order valence-electron chi connectivity index (χ3n) is 5.13. The first-order valence-electron chi connectivity index (χ1n) is 11.5. The lowest BCUT2D eigenvalue weighted by molar-refractivity contribution is -0.131. The molecule has 1 aromatic rings. The Labute approximate surface area is 176 Å². The molecule has 29 heavy (non-hydrogen) atoms. The molecule has 3 nitrogen and oxygen atoms in total. The average Bonchev–Trinajstić information content (AvgIpc) is 2.70. The Balaban J connectivity index is 1.96. The molecular weight excluding hydrogens is 367 g/mol. The average molecular weight is 407 g/mol. The van der Waals surface area contributed by atoms with Gasteiger partial charge in [0.05, 0.1) is 6.61 Å². The van der Waals surface area contributed by atoms with Crippen molar-refractivity contribution in [3.8, 4) is 5.75 Å². The van der Waals surface area contributed by atoms with Gasteiger partial charge in [0, 0.05) is 6.08 Å². The predicted octanol–water partition coefficient (Wildman–Crippen LogP) is 7.78. The Morgan fingerprint density at radius 3 is 1.90 bits per heavy atom. The molecule has 0 bridgehead atoms. The third kappa shape index (κ3) is 13.9. The van der Waals surface area contributed by atoms with Crippen LogP contribution in [0.1, 0.15) is 102 Å². The zero-order valence-electron chi connectivity index (χ0n) is 18.1. The van der Waals surface area contributed by atoms with Gasteiger partial charge in [0.15, 0.2) is 11.6 Å². The summed E-state index contributed by atoms with van der Waals surface area (Å²) in [5.41, 5.74) is 0.508. The molecule has 164 valence electrons. The molecule has 1 aromatic carbocycles. The van der Waals surface area contributed by atoms with Crippen LogP contribution in [0.15, 0.2) is 24.3 Å². The molecule has 0 aromatic heterocycles. The van der Waals surface area contributed by atoms with Crippen LogP contribution in [-0.4, -0.2) is 17.7 Å². The molecule has 0 saturated carbocycles. The first-order valence-corrected chi connectivity index (χ1v) is 11.5. The summed E-state index contributed by atoms with van der Waals surface area (Å²) in [7, 11) is 0. The number of benzene rings is 1. The van der Waals surface area contributed by atoms with Crippen molar-refractivity contribution in [3.63, 3.8) is 0 Å². The van der Waals surface area contributed by atoms with Crippen molar-refractivity contribution >= 4 is 12.0 Å². The van der Waals surface area contributed by atoms with E-state index in [1.165, 1.54) is 89.2 Å². The number of unbranched alkanes of at least 4 members (excludes halogenated alkanes) is 13. The van der Waals surface area contributed by atoms with Crippen LogP contribution in [0.25, 0.3) is 6.08 Å². The first-order chi connectivity index (χ1) is 14.1. The van der Waals surface area contributed by atoms with E-state index in [2.05, 4.69) is 6.92 Å². The molecule has 0 unspecified atom stereocenters. The molecule has 0 atom stereocenters. The molecule has 0 aliphatic rings. The largest absolute Gasteiger partial charge is 0.491 e. The van der Waals surface area contributed by atoms with E-state index in [9.17, 15) is 9.18 Å². The van der Waals surface area contributed by atoms with Gasteiger partial charge in [0.2, 0.25) is 0 Å². The van der Waals surface area contributed by atoms with E-state index in [1.807, 2.05) is 0 Å². The number of carboxylic acids is 1. The van der Waals surface area contributed by atoms with E-state index in [0.29, 0.717) is 12.2 Å². The Bertz CT molecular complexity index is 583. The fourth-order valence-electron chi connectivity index (χ4n) is 3.38. The summed E-state index contributed by atoms with van der Waals surface area (Å²) in [5, 5.41) is 8.60. The minimum atomic E-state index is -1.05. The standard InChI is InChI=1S/C25H39FO3/c1-2-3-4-5-6-7-8-9-10-11-12-13-14-15-20-29-24-18-16-22(21-23(24)26)17-19-25(27)28/h16-19,21H,2-15,20H2,1H3,(H,27,28)/b19-17-. The zero-order valence-corrected chi connectivity index (χ0v) is 18.1. The minimum absolute atomic E-state index is 0.229. The highest BCUT2D eigenvalue weighted by atomic mass is 19.1. The molecular formula is C25H39FO3. The Kier molecular flexibility index (Phi) is 14.8. The van der Waals surface area contributed by atoms with Crippen molar-refractivity contribution in [2.75, 3.05) is 6.61 Å². The topological polar surface area (TPSA) is 46.5 Å². The van der Waals surface area contributed by atoms with Crippen LogP contribution in [0, 0.1) is 5.82 Å². The van der Waals surface area contributed by atoms with E-state index in [1.54, 1.807) is 12.1 Å². The zero-order chi connectivity index (χ0) is 21.2. The Hall–Kier alpha value is -1.84. The smallest absolute Gasteiger partial charge is 0.328 e. The van der Waals surface area contributed by atoms with E-state index in [-0.39, 0.29) is 5.75 Å². The maximum Gasteiger partial charge on any atom is 0.328 e. The van der Waals surface area contributed by atoms with Gasteiger partial charge >= 0.3 is 5.97 Å². The molecule has 0 saturated heterocycles. The summed E-state index contributed by atoms with van der Waals surface area (Å²) in [6, 6.07) is 4.50. The minimum Gasteiger partial charge on any atom is -0.491 e. The maximum atomic E-state index is 13.9. The normalized spacial score (nSPS) is 11.2. The molecule has 1 rings (SSSR count). The van der Waals surface area contributed by atoms with E-state index >= 15 is 0 Å². The number of ether oxygens (including phenoxy) is 1. The molecule has 0 fully saturated rings. The van der Waals surface area contributed by atoms with Crippen LogP contribution in [0.3, 0.4) is 0 Å². The van der Waals surface area contributed by atoms with Crippen molar-refractivity contribution in [1.82, 2.24) is 0 Å². The lowest BCUT2D eigenvalue weighted by Gasteiger charge is -2.08. The number of carboxylic acid groups (broad SMARTS) is 1. The van der Waals surface area contributed by atoms with E-state index in [0.717, 1.165) is 18.9 Å². The van der Waals surface area contributed by atoms with Crippen LogP contribution in [-0.2, 0) is 4.79 Å². The number of aliphatic carboxylic acids is 1. The third-order valence-corrected chi connectivity index (χ3v) is 5.13. The van der Waals surface area contributed by atoms with Crippen LogP contribution in [0.5, 0.6) is 5.75 Å². The molecule has 0 spiro atoms. The fourth-order valence-corrected chi connectivity index (χ4v) is 3.38. The number of carbonyl (C=O) groups is 1. The van der Waals surface area contributed by atoms with Crippen molar-refractivity contribution in [1.29, 1.82) is 0 Å². The number of rotatable bonds is 18. The highest BCUT2D eigenvalue weighted by molar-refractivity contribution is 5.85. The summed E-state index contributed by atoms with van der Waals surface area (Å²) in [6.45, 7) is 2.77. The SMILES string of the molecule is CCCCCCCCCCCCCCCCOc1ccc(/C=C\C(=O)O)cc1F. The summed E-state index contributed by atoms with van der Waals surface area (Å²) >= 11 is 0. The molecule has 4 heteroatoms. The number of hydrogen-bond donors (Lipinski definition) is 1. The van der Waals surface area contributed by atoms with Gasteiger partial charge < -0.3 is 9.84 Å². The predicted molar refractivity (Wildman–Crippen MR) is 119 cm³/mol. The highest BCUT2D eigenvalue weighted by Crippen LogP contribution is 2.20. The lowest BCUT2D eigenvalue weighted by Crippen LogP contribution is -1.99. The van der Waals surface area contributed by atoms with Gasteiger partial charge in [0.25, 0.3) is 0 Å². The molecule has 0 aliphatic carbocycles. The van der Waals surface area contributed by atoms with Crippen LogP contribution >= 0.6 is 0 Å². The van der Waals surface area contributed by atoms with E-state index < -0.39 is 11.8 Å². The van der Waals surface area contributed by atoms with Gasteiger partial charge in [0.1, 0.15) is 0 Å². The summed E-state index contributed by atoms with van der Waals surface area (Å²) in [5.74, 6) is -1.28. The summed E-state index contributed by atoms with van der Waals surface area (Å²) < 4.78 is 19.5. The summed E-state index contributed by atoms with van der Waals surface area (Å²) in [6.07, 6.45) is 20.6. The van der Waals surface area contributed by atoms with Crippen LogP contribution < -0.4 is 4.74 Å². The van der Waals surface area contributed by atoms with Gasteiger partial charge in [-0.05, 0) is 30.2 Å². The highest BCUT2D eigenvalue weighted by Gasteiger charge is 2.04. The Morgan fingerprint density at radius 1 is 0.897 bits per heavy atom. The molecule has 0 radical (unpaired) electrons. The van der Waals surface area contributed by atoms with Gasteiger partial charge in [-0.3, -0.25) is 0 Å². The van der Waals surface area contributed by atoms with Gasteiger partial charge in [-0.2, -0.15) is 0 Å². The summed E-state index contributed by atoms with van der Waals surface area (Å²) in [4.78, 5) is 10.5. The number of hydrogen-bond acceptors (Lipinski definition) is 2. The van der Waals surface area contributed by atoms with Gasteiger partial charge in [-0.25, -0.2) is 9.18 Å². The number of halogens is 1. The monoisotopic (exact) mass is 406 g/mol. The van der Waals surface area contributed by atoms with Crippen molar-refractivity contribution < 1.29 is 19.0 Å². The quantitative estimate of drug-likeness (QED) is 0.200. The lowest BCUT2D eigenvalue weighted by atomic mass is 10.0. The van der Waals surface area contributed by atoms with Gasteiger partial charge in [-0.15, -0.1) is 0 Å². The van der Waals surface area contributed by atoms with Crippen molar-refractivity contribution in [2.24, 2.45) is 0 Å². The van der Waals surface area contributed by atoms with Gasteiger partial charge in [-0.1, -0.05) is 96.5 Å².